The monoisotopic (exact) mass is 450 g/mol. The second-order valence-corrected chi connectivity index (χ2v) is 9.84. The van der Waals surface area contributed by atoms with Crippen molar-refractivity contribution in [3.05, 3.63) is 52.9 Å². The maximum atomic E-state index is 12.6. The minimum atomic E-state index is -0.613. The zero-order valence-electron chi connectivity index (χ0n) is 19.2. The summed E-state index contributed by atoms with van der Waals surface area (Å²) in [5.41, 5.74) is 15.0. The molecule has 0 radical (unpaired) electrons. The van der Waals surface area contributed by atoms with Crippen molar-refractivity contribution in [3.63, 3.8) is 0 Å². The fraction of sp³-hybridized carbons (Fsp3) is 0.417. The van der Waals surface area contributed by atoms with Crippen LogP contribution in [0.25, 0.3) is 11.3 Å². The second-order valence-electron chi connectivity index (χ2n) is 9.84. The van der Waals surface area contributed by atoms with Crippen LogP contribution in [0.2, 0.25) is 0 Å². The molecule has 3 heterocycles. The Hall–Kier alpha value is -3.46. The Morgan fingerprint density at radius 2 is 1.88 bits per heavy atom. The van der Waals surface area contributed by atoms with Crippen molar-refractivity contribution in [1.82, 2.24) is 20.3 Å². The topological polar surface area (TPSA) is 142 Å². The molecule has 33 heavy (non-hydrogen) atoms. The number of nitrogens with one attached hydrogen (secondary N) is 1. The number of primary amides is 1. The highest BCUT2D eigenvalue weighted by Gasteiger charge is 2.28. The van der Waals surface area contributed by atoms with Gasteiger partial charge in [-0.25, -0.2) is 4.68 Å². The minimum absolute atomic E-state index is 0.0324. The molecule has 3 aromatic rings. The van der Waals surface area contributed by atoms with E-state index in [1.165, 1.54) is 0 Å². The normalized spacial score (nSPS) is 14.3. The summed E-state index contributed by atoms with van der Waals surface area (Å²) in [5, 5.41) is 11.8. The van der Waals surface area contributed by atoms with E-state index in [0.29, 0.717) is 11.5 Å². The zero-order valence-corrected chi connectivity index (χ0v) is 19.2. The van der Waals surface area contributed by atoms with Crippen LogP contribution in [0.1, 0.15) is 54.2 Å². The molecular formula is C24H30N6O3. The van der Waals surface area contributed by atoms with E-state index in [2.05, 4.69) is 36.3 Å². The SMILES string of the molecule is CC(C)(C)Cc1cc(CC(=O)Cc2ccc(-c3nn(C4CNC4)c(N)c3C(N)=O)cc2)on1. The Kier molecular flexibility index (Phi) is 6.07. The van der Waals surface area contributed by atoms with Crippen molar-refractivity contribution in [1.29, 1.82) is 0 Å². The van der Waals surface area contributed by atoms with Crippen LogP contribution in [0, 0.1) is 5.41 Å². The van der Waals surface area contributed by atoms with Crippen molar-refractivity contribution in [2.45, 2.75) is 46.1 Å². The molecule has 1 aliphatic heterocycles. The van der Waals surface area contributed by atoms with E-state index in [9.17, 15) is 9.59 Å². The molecule has 2 aromatic heterocycles. The number of carbonyl (C=O) groups excluding carboxylic acids is 2. The number of aromatic nitrogens is 3. The predicted molar refractivity (Wildman–Crippen MR) is 125 cm³/mol. The lowest BCUT2D eigenvalue weighted by atomic mass is 9.90. The van der Waals surface area contributed by atoms with Crippen LogP contribution in [0.15, 0.2) is 34.9 Å². The van der Waals surface area contributed by atoms with Gasteiger partial charge in [-0.05, 0) is 17.4 Å². The first kappa shape index (κ1) is 22.7. The number of anilines is 1. The van der Waals surface area contributed by atoms with Gasteiger partial charge in [-0.2, -0.15) is 5.10 Å². The molecule has 0 saturated carbocycles. The average Bonchev–Trinajstić information content (AvgIpc) is 3.24. The van der Waals surface area contributed by atoms with Crippen molar-refractivity contribution in [2.75, 3.05) is 18.8 Å². The summed E-state index contributed by atoms with van der Waals surface area (Å²) < 4.78 is 7.00. The van der Waals surface area contributed by atoms with Gasteiger partial charge in [-0.15, -0.1) is 0 Å². The van der Waals surface area contributed by atoms with E-state index in [1.54, 1.807) is 4.68 Å². The van der Waals surface area contributed by atoms with Crippen molar-refractivity contribution >= 4 is 17.5 Å². The molecule has 0 bridgehead atoms. The number of nitrogen functional groups attached to an aromatic ring is 1. The van der Waals surface area contributed by atoms with Gasteiger partial charge in [-0.3, -0.25) is 9.59 Å². The molecule has 1 aliphatic rings. The average molecular weight is 451 g/mol. The van der Waals surface area contributed by atoms with Crippen LogP contribution in [-0.2, 0) is 24.1 Å². The van der Waals surface area contributed by atoms with Gasteiger partial charge in [-0.1, -0.05) is 50.2 Å². The highest BCUT2D eigenvalue weighted by Crippen LogP contribution is 2.30. The number of amides is 1. The molecular weight excluding hydrogens is 420 g/mol. The quantitative estimate of drug-likeness (QED) is 0.478. The third-order valence-corrected chi connectivity index (χ3v) is 5.62. The fourth-order valence-electron chi connectivity index (χ4n) is 3.95. The van der Waals surface area contributed by atoms with Crippen LogP contribution in [0.4, 0.5) is 5.82 Å². The number of nitrogens with two attached hydrogens (primary N) is 2. The number of Topliss-reactive ketones (excluding diaryl/α,β-unsaturated/α-hetero) is 1. The Morgan fingerprint density at radius 3 is 2.45 bits per heavy atom. The standard InChI is InChI=1S/C24H30N6O3/c1-24(2,3)11-16-9-19(33-29-16)10-18(31)8-14-4-6-15(7-5-14)21-20(23(26)32)22(25)30(28-21)17-12-27-13-17/h4-7,9,17,27H,8,10-13,25H2,1-3H3,(H2,26,32). The van der Waals surface area contributed by atoms with Crippen LogP contribution in [0.3, 0.4) is 0 Å². The summed E-state index contributed by atoms with van der Waals surface area (Å²) in [7, 11) is 0. The summed E-state index contributed by atoms with van der Waals surface area (Å²) in [5.74, 6) is 0.276. The largest absolute Gasteiger partial charge is 0.383 e. The van der Waals surface area contributed by atoms with E-state index < -0.39 is 5.91 Å². The third-order valence-electron chi connectivity index (χ3n) is 5.62. The maximum absolute atomic E-state index is 12.6. The van der Waals surface area contributed by atoms with Crippen LogP contribution < -0.4 is 16.8 Å². The van der Waals surface area contributed by atoms with Crippen LogP contribution in [-0.4, -0.2) is 39.7 Å². The first-order valence-electron chi connectivity index (χ1n) is 11.0. The molecule has 5 N–H and O–H groups in total. The maximum Gasteiger partial charge on any atom is 0.254 e. The molecule has 1 aromatic carbocycles. The molecule has 0 unspecified atom stereocenters. The van der Waals surface area contributed by atoms with Crippen LogP contribution in [0.5, 0.6) is 0 Å². The number of nitrogens with zero attached hydrogens (tertiary/aromatic N) is 3. The molecule has 9 nitrogen and oxygen atoms in total. The van der Waals surface area contributed by atoms with Gasteiger partial charge in [0.1, 0.15) is 28.6 Å². The lowest BCUT2D eigenvalue weighted by Gasteiger charge is -2.28. The number of ketones is 1. The van der Waals surface area contributed by atoms with E-state index in [4.69, 9.17) is 16.0 Å². The Bertz CT molecular complexity index is 1170. The van der Waals surface area contributed by atoms with Crippen molar-refractivity contribution in [3.8, 4) is 11.3 Å². The number of rotatable bonds is 8. The predicted octanol–water partition coefficient (Wildman–Crippen LogP) is 2.31. The van der Waals surface area contributed by atoms with Gasteiger partial charge in [0.25, 0.3) is 5.91 Å². The molecule has 1 fully saturated rings. The first-order valence-corrected chi connectivity index (χ1v) is 11.0. The lowest BCUT2D eigenvalue weighted by molar-refractivity contribution is -0.118. The molecule has 174 valence electrons. The van der Waals surface area contributed by atoms with Gasteiger partial charge >= 0.3 is 0 Å². The first-order chi connectivity index (χ1) is 15.6. The zero-order chi connectivity index (χ0) is 23.8. The summed E-state index contributed by atoms with van der Waals surface area (Å²) in [6.45, 7) is 7.88. The van der Waals surface area contributed by atoms with Gasteiger partial charge in [0, 0.05) is 31.1 Å². The fourth-order valence-corrected chi connectivity index (χ4v) is 3.95. The van der Waals surface area contributed by atoms with E-state index in [0.717, 1.165) is 36.3 Å². The molecule has 0 atom stereocenters. The summed E-state index contributed by atoms with van der Waals surface area (Å²) in [6.07, 6.45) is 1.25. The number of hydrogen-bond acceptors (Lipinski definition) is 7. The number of carbonyl (C=O) groups is 2. The van der Waals surface area contributed by atoms with Gasteiger partial charge in [0.15, 0.2) is 0 Å². The van der Waals surface area contributed by atoms with Gasteiger partial charge in [0.05, 0.1) is 18.2 Å². The van der Waals surface area contributed by atoms with E-state index >= 15 is 0 Å². The Morgan fingerprint density at radius 1 is 1.18 bits per heavy atom. The van der Waals surface area contributed by atoms with Crippen molar-refractivity contribution in [2.24, 2.45) is 11.1 Å². The molecule has 9 heteroatoms. The summed E-state index contributed by atoms with van der Waals surface area (Å²) in [6, 6.07) is 9.32. The second kappa shape index (κ2) is 8.82. The molecule has 1 saturated heterocycles. The number of hydrogen-bond donors (Lipinski definition) is 3. The number of benzene rings is 1. The van der Waals surface area contributed by atoms with E-state index in [-0.39, 0.29) is 41.5 Å². The van der Waals surface area contributed by atoms with Crippen LogP contribution >= 0.6 is 0 Å². The highest BCUT2D eigenvalue weighted by molar-refractivity contribution is 6.03. The molecule has 1 amide bonds. The highest BCUT2D eigenvalue weighted by atomic mass is 16.5. The summed E-state index contributed by atoms with van der Waals surface area (Å²) >= 11 is 0. The van der Waals surface area contributed by atoms with Crippen molar-refractivity contribution < 1.29 is 14.1 Å². The van der Waals surface area contributed by atoms with E-state index in [1.807, 2.05) is 30.3 Å². The molecule has 4 rings (SSSR count). The minimum Gasteiger partial charge on any atom is -0.383 e. The lowest BCUT2D eigenvalue weighted by Crippen LogP contribution is -2.44. The Balaban J connectivity index is 1.45. The molecule has 0 aliphatic carbocycles. The smallest absolute Gasteiger partial charge is 0.254 e. The van der Waals surface area contributed by atoms with Gasteiger partial charge in [0.2, 0.25) is 0 Å². The third kappa shape index (κ3) is 5.14. The summed E-state index contributed by atoms with van der Waals surface area (Å²) in [4.78, 5) is 24.6. The van der Waals surface area contributed by atoms with Gasteiger partial charge < -0.3 is 21.3 Å². The Labute approximate surface area is 192 Å². The molecule has 0 spiro atoms.